The van der Waals surface area contributed by atoms with Crippen LogP contribution < -0.4 is 34.5 Å². The Bertz CT molecular complexity index is 1290. The van der Waals surface area contributed by atoms with Crippen LogP contribution in [0.5, 0.6) is 0 Å². The van der Waals surface area contributed by atoms with E-state index in [1.807, 2.05) is 41.5 Å². The summed E-state index contributed by atoms with van der Waals surface area (Å²) in [4.78, 5) is 97.8. The van der Waals surface area contributed by atoms with Crippen molar-refractivity contribution in [1.29, 1.82) is 0 Å². The third-order valence-corrected chi connectivity index (χ3v) is 20.3. The number of phosphoric acid groups is 6. The summed E-state index contributed by atoms with van der Waals surface area (Å²) in [5.74, 6) is 0.790. The van der Waals surface area contributed by atoms with Crippen molar-refractivity contribution < 1.29 is 125 Å². The zero-order valence-corrected chi connectivity index (χ0v) is 58.5. The maximum absolute atomic E-state index is 12.7. The first-order valence-corrected chi connectivity index (χ1v) is 38.3. The van der Waals surface area contributed by atoms with E-state index in [1.165, 1.54) is 0 Å². The van der Waals surface area contributed by atoms with Crippen LogP contribution in [0, 0.1) is 35.5 Å². The topological polar surface area (TPSA) is 356 Å². The smallest absolute Gasteiger partial charge is 0.852 e. The van der Waals surface area contributed by atoms with Crippen molar-refractivity contribution in [3.8, 4) is 0 Å². The van der Waals surface area contributed by atoms with Gasteiger partial charge >= 0.3 is 61.9 Å². The molecule has 22 nitrogen and oxygen atoms in total. The number of rotatable bonds is 48. The van der Waals surface area contributed by atoms with Gasteiger partial charge in [0.25, 0.3) is 0 Å². The van der Waals surface area contributed by atoms with Crippen LogP contribution in [0.4, 0.5) is 0 Å². The third-order valence-electron chi connectivity index (χ3n) is 12.7. The molecule has 0 aromatic rings. The van der Waals surface area contributed by atoms with Crippen LogP contribution in [-0.2, 0) is 75.5 Å². The monoisotopic (exact) mass is 1310 g/mol. The Balaban J connectivity index is -0.000000337. The molecule has 3 N–H and O–H groups in total. The minimum absolute atomic E-state index is 0. The van der Waals surface area contributed by atoms with Crippen molar-refractivity contribution in [2.75, 3.05) is 39.6 Å². The van der Waals surface area contributed by atoms with E-state index in [1.54, 1.807) is 13.8 Å². The maximum Gasteiger partial charge on any atom is 4.00 e. The molecule has 482 valence electrons. The van der Waals surface area contributed by atoms with Crippen LogP contribution in [0.15, 0.2) is 0 Å². The molecular formula is C51H112O22P6Ti. The fraction of sp³-hybridized carbons (Fsp3) is 1.00. The van der Waals surface area contributed by atoms with Crippen molar-refractivity contribution >= 4 is 48.0 Å². The molecule has 0 saturated carbocycles. The Labute approximate surface area is 502 Å². The van der Waals surface area contributed by atoms with Gasteiger partial charge in [0.1, 0.15) is 7.82 Å². The maximum atomic E-state index is 12.7. The molecule has 0 aliphatic carbocycles. The molecule has 29 heteroatoms. The first-order chi connectivity index (χ1) is 36.8. The van der Waals surface area contributed by atoms with Gasteiger partial charge in [0, 0.05) is 0 Å². The van der Waals surface area contributed by atoms with E-state index in [0.29, 0.717) is 0 Å². The summed E-state index contributed by atoms with van der Waals surface area (Å²) in [5.41, 5.74) is 0. The van der Waals surface area contributed by atoms with Gasteiger partial charge in [0.2, 0.25) is 0 Å². The zero-order chi connectivity index (χ0) is 61.6. The SMILES string of the molecule is CC(C)[O-].CCCCC(CC)CO[P+]([O-])(OCC(CC)CCCC)OP(=O)(O)O.CCCCC(CC)CO[P+]([O-])(OCC(CC)CCCC)OP(=O)([O-])O.CCCCC(CC)CO[P+]([O-])(OCC(CC)CCCC)OP(=O)([O-])[O-].[Ti+4]. The van der Waals surface area contributed by atoms with Crippen LogP contribution in [-0.4, -0.2) is 60.4 Å². The van der Waals surface area contributed by atoms with Crippen LogP contribution >= 0.6 is 48.0 Å². The summed E-state index contributed by atoms with van der Waals surface area (Å²) in [6.07, 6.45) is 21.9. The first kappa shape index (κ1) is 90.7. The van der Waals surface area contributed by atoms with Gasteiger partial charge in [0.05, 0.1) is 39.6 Å². The van der Waals surface area contributed by atoms with Gasteiger partial charge in [-0.05, 0) is 74.0 Å². The predicted octanol–water partition coefficient (Wildman–Crippen LogP) is 11.7. The van der Waals surface area contributed by atoms with Crippen molar-refractivity contribution in [3.05, 3.63) is 0 Å². The van der Waals surface area contributed by atoms with Crippen molar-refractivity contribution in [3.63, 3.8) is 0 Å². The number of hydrogen-bond acceptors (Lipinski definition) is 19. The number of unbranched alkanes of at least 4 members (excludes halogenated alkanes) is 6. The second-order valence-corrected chi connectivity index (χ2v) is 29.3. The molecule has 0 fully saturated rings. The molecule has 0 spiro atoms. The van der Waals surface area contributed by atoms with Gasteiger partial charge in [-0.2, -0.15) is 31.5 Å². The van der Waals surface area contributed by atoms with Crippen LogP contribution in [0.25, 0.3) is 0 Å². The molecule has 0 saturated heterocycles. The van der Waals surface area contributed by atoms with E-state index in [0.717, 1.165) is 154 Å². The number of phosphoric ester groups is 3. The zero-order valence-electron chi connectivity index (χ0n) is 51.5. The quantitative estimate of drug-likeness (QED) is 0.0376. The largest absolute Gasteiger partial charge is 4.00 e. The average molecular weight is 1310 g/mol. The summed E-state index contributed by atoms with van der Waals surface area (Å²) in [6, 6.07) is 0. The summed E-state index contributed by atoms with van der Waals surface area (Å²) in [5, 5.41) is 9.53. The molecule has 0 bridgehead atoms. The summed E-state index contributed by atoms with van der Waals surface area (Å²) in [6.45, 7) is 28.0. The Morgan fingerprint density at radius 3 is 0.688 bits per heavy atom. The molecule has 0 heterocycles. The average Bonchev–Trinajstić information content (AvgIpc) is 3.35. The van der Waals surface area contributed by atoms with E-state index >= 15 is 0 Å². The molecule has 0 aliphatic heterocycles. The van der Waals surface area contributed by atoms with E-state index in [4.69, 9.17) is 41.8 Å². The van der Waals surface area contributed by atoms with Gasteiger partial charge in [-0.15, -0.1) is 10.4 Å². The molecule has 7 unspecified atom stereocenters. The van der Waals surface area contributed by atoms with Crippen molar-refractivity contribution in [2.24, 2.45) is 35.5 Å². The molecule has 0 radical (unpaired) electrons. The van der Waals surface area contributed by atoms with Crippen molar-refractivity contribution in [1.82, 2.24) is 0 Å². The Morgan fingerprint density at radius 1 is 0.375 bits per heavy atom. The Kier molecular flexibility index (Phi) is 61.1. The van der Waals surface area contributed by atoms with E-state index < -0.39 is 54.1 Å². The number of hydrogen-bond donors (Lipinski definition) is 3. The molecule has 0 amide bonds. The summed E-state index contributed by atoms with van der Waals surface area (Å²) in [7, 11) is -28.8. The van der Waals surface area contributed by atoms with Gasteiger partial charge in [-0.25, -0.2) is 4.57 Å². The predicted molar refractivity (Wildman–Crippen MR) is 304 cm³/mol. The van der Waals surface area contributed by atoms with Crippen LogP contribution in [0.2, 0.25) is 0 Å². The standard InChI is InChI=1S/3C16H36O7P2.C3H7O.Ti/c3*1-5-9-11-15(7-3)13-21-25(20,23-24(17,18)19)22-14-16(8-4)12-10-6-2;1-3(2)4;/h3*15-16H,5-14H2,1-4H3,(H2,17,18,19);3H,1-2H3;/q;;;-1;+4/p-3. The van der Waals surface area contributed by atoms with Gasteiger partial charge in [0.15, 0.2) is 0 Å². The van der Waals surface area contributed by atoms with E-state index in [2.05, 4.69) is 54.5 Å². The molecule has 0 aliphatic rings. The molecule has 0 aromatic carbocycles. The van der Waals surface area contributed by atoms with E-state index in [9.17, 15) is 48.2 Å². The van der Waals surface area contributed by atoms with Gasteiger partial charge < -0.3 is 53.7 Å². The second kappa shape index (κ2) is 53.9. The minimum atomic E-state index is -5.48. The Hall–Kier alpha value is 1.93. The molecule has 7 atom stereocenters. The van der Waals surface area contributed by atoms with Crippen molar-refractivity contribution in [2.45, 2.75) is 257 Å². The fourth-order valence-corrected chi connectivity index (χ4v) is 13.9. The molecular weight excluding hydrogens is 1200 g/mol. The Morgan fingerprint density at radius 2 is 0.550 bits per heavy atom. The third kappa shape index (κ3) is 58.9. The molecule has 0 rings (SSSR count). The fourth-order valence-electron chi connectivity index (χ4n) is 7.20. The van der Waals surface area contributed by atoms with Crippen LogP contribution in [0.1, 0.15) is 251 Å². The summed E-state index contributed by atoms with van der Waals surface area (Å²) >= 11 is 0. The van der Waals surface area contributed by atoms with Gasteiger partial charge in [-0.3, -0.25) is 4.57 Å². The van der Waals surface area contributed by atoms with Crippen LogP contribution in [0.3, 0.4) is 0 Å². The first-order valence-electron chi connectivity index (χ1n) is 29.4. The summed E-state index contributed by atoms with van der Waals surface area (Å²) < 4.78 is 77.4. The second-order valence-electron chi connectivity index (χ2n) is 20.3. The molecule has 0 aromatic heterocycles. The minimum Gasteiger partial charge on any atom is -0.852 e. The van der Waals surface area contributed by atoms with Gasteiger partial charge in [-0.1, -0.05) is 217 Å². The normalized spacial score (nSPS) is 17.2. The molecule has 80 heavy (non-hydrogen) atoms. The van der Waals surface area contributed by atoms with E-state index in [-0.39, 0.29) is 96.9 Å².